The molecule has 0 unspecified atom stereocenters. The third-order valence-electron chi connectivity index (χ3n) is 2.74. The summed E-state index contributed by atoms with van der Waals surface area (Å²) in [5, 5.41) is 4.21. The predicted molar refractivity (Wildman–Crippen MR) is 79.3 cm³/mol. The van der Waals surface area contributed by atoms with Gasteiger partial charge in [-0.1, -0.05) is 19.1 Å². The fraction of sp³-hybridized carbons (Fsp3) is 0.333. The van der Waals surface area contributed by atoms with E-state index in [-0.39, 0.29) is 0 Å². The molecular formula is C15H19N3S. The fourth-order valence-electron chi connectivity index (χ4n) is 1.78. The molecule has 2 rings (SSSR count). The molecule has 1 heterocycles. The Morgan fingerprint density at radius 2 is 2.00 bits per heavy atom. The van der Waals surface area contributed by atoms with Crippen molar-refractivity contribution in [1.29, 1.82) is 0 Å². The number of aromatic nitrogens is 2. The summed E-state index contributed by atoms with van der Waals surface area (Å²) in [4.78, 5) is 9.69. The van der Waals surface area contributed by atoms with E-state index in [2.05, 4.69) is 47.3 Å². The first-order chi connectivity index (χ1) is 9.29. The van der Waals surface area contributed by atoms with Gasteiger partial charge < -0.3 is 5.32 Å². The van der Waals surface area contributed by atoms with Crippen LogP contribution >= 0.6 is 11.8 Å². The molecule has 0 fully saturated rings. The summed E-state index contributed by atoms with van der Waals surface area (Å²) in [7, 11) is 0. The van der Waals surface area contributed by atoms with Crippen LogP contribution in [0.3, 0.4) is 0 Å². The van der Waals surface area contributed by atoms with E-state index in [1.807, 2.05) is 6.07 Å². The molecule has 0 spiro atoms. The van der Waals surface area contributed by atoms with Crippen LogP contribution in [0, 0.1) is 6.92 Å². The molecule has 19 heavy (non-hydrogen) atoms. The van der Waals surface area contributed by atoms with Gasteiger partial charge in [0.05, 0.1) is 0 Å². The van der Waals surface area contributed by atoms with Crippen LogP contribution in [0.5, 0.6) is 0 Å². The van der Waals surface area contributed by atoms with Crippen LogP contribution in [0.1, 0.15) is 24.5 Å². The Morgan fingerprint density at radius 1 is 1.21 bits per heavy atom. The van der Waals surface area contributed by atoms with Gasteiger partial charge in [-0.05, 0) is 54.9 Å². The Balaban J connectivity index is 2.03. The second-order valence-corrected chi connectivity index (χ2v) is 5.42. The molecule has 1 aromatic carbocycles. The number of hydrogen-bond donors (Lipinski definition) is 1. The molecule has 2 aromatic rings. The van der Waals surface area contributed by atoms with Crippen LogP contribution in [-0.4, -0.2) is 16.5 Å². The van der Waals surface area contributed by atoms with Gasteiger partial charge in [-0.15, -0.1) is 0 Å². The lowest BCUT2D eigenvalue weighted by Gasteiger charge is -2.08. The van der Waals surface area contributed by atoms with E-state index in [1.165, 1.54) is 16.0 Å². The van der Waals surface area contributed by atoms with Gasteiger partial charge >= 0.3 is 0 Å². The third kappa shape index (κ3) is 4.33. The third-order valence-corrected chi connectivity index (χ3v) is 3.81. The average molecular weight is 273 g/mol. The van der Waals surface area contributed by atoms with E-state index in [0.717, 1.165) is 24.7 Å². The molecule has 1 N–H and O–H groups in total. The van der Waals surface area contributed by atoms with Gasteiger partial charge in [-0.2, -0.15) is 0 Å². The fourth-order valence-corrected chi connectivity index (χ4v) is 2.56. The standard InChI is InChI=1S/C15H19N3S/c1-3-7-16-11-13-5-6-14(12(2)10-13)19-15-17-8-4-9-18-15/h4-6,8-10,16H,3,7,11H2,1-2H3. The highest BCUT2D eigenvalue weighted by atomic mass is 32.2. The highest BCUT2D eigenvalue weighted by Crippen LogP contribution is 2.27. The van der Waals surface area contributed by atoms with E-state index < -0.39 is 0 Å². The van der Waals surface area contributed by atoms with Crippen molar-refractivity contribution in [1.82, 2.24) is 15.3 Å². The second kappa shape index (κ2) is 7.26. The normalized spacial score (nSPS) is 10.6. The Morgan fingerprint density at radius 3 is 2.68 bits per heavy atom. The zero-order valence-electron chi connectivity index (χ0n) is 11.4. The van der Waals surface area contributed by atoms with Gasteiger partial charge in [0, 0.05) is 23.8 Å². The van der Waals surface area contributed by atoms with Crippen molar-refractivity contribution in [3.63, 3.8) is 0 Å². The molecule has 0 bridgehead atoms. The number of nitrogens with zero attached hydrogens (tertiary/aromatic N) is 2. The van der Waals surface area contributed by atoms with Crippen molar-refractivity contribution in [2.75, 3.05) is 6.54 Å². The number of aryl methyl sites for hydroxylation is 1. The van der Waals surface area contributed by atoms with Gasteiger partial charge in [-0.3, -0.25) is 0 Å². The molecule has 4 heteroatoms. The highest BCUT2D eigenvalue weighted by Gasteiger charge is 2.04. The molecule has 0 saturated carbocycles. The molecule has 0 amide bonds. The van der Waals surface area contributed by atoms with E-state index in [9.17, 15) is 0 Å². The van der Waals surface area contributed by atoms with Gasteiger partial charge in [0.15, 0.2) is 5.16 Å². The molecule has 0 saturated heterocycles. The zero-order chi connectivity index (χ0) is 13.5. The average Bonchev–Trinajstić information content (AvgIpc) is 2.43. The van der Waals surface area contributed by atoms with Crippen LogP contribution in [0.4, 0.5) is 0 Å². The van der Waals surface area contributed by atoms with Crippen LogP contribution in [0.15, 0.2) is 46.7 Å². The molecule has 0 aliphatic carbocycles. The first-order valence-corrected chi connectivity index (χ1v) is 7.36. The van der Waals surface area contributed by atoms with Gasteiger partial charge in [0.1, 0.15) is 0 Å². The Kier molecular flexibility index (Phi) is 5.36. The smallest absolute Gasteiger partial charge is 0.192 e. The number of nitrogens with one attached hydrogen (secondary N) is 1. The van der Waals surface area contributed by atoms with Gasteiger partial charge in [-0.25, -0.2) is 9.97 Å². The lowest BCUT2D eigenvalue weighted by atomic mass is 10.1. The van der Waals surface area contributed by atoms with Gasteiger partial charge in [0.25, 0.3) is 0 Å². The van der Waals surface area contributed by atoms with Crippen molar-refractivity contribution in [2.45, 2.75) is 36.9 Å². The Hall–Kier alpha value is -1.39. The minimum Gasteiger partial charge on any atom is -0.313 e. The summed E-state index contributed by atoms with van der Waals surface area (Å²) in [6, 6.07) is 8.38. The van der Waals surface area contributed by atoms with Crippen molar-refractivity contribution >= 4 is 11.8 Å². The predicted octanol–water partition coefficient (Wildman–Crippen LogP) is 3.44. The van der Waals surface area contributed by atoms with E-state index in [0.29, 0.717) is 0 Å². The minimum absolute atomic E-state index is 0.794. The quantitative estimate of drug-likeness (QED) is 0.646. The van der Waals surface area contributed by atoms with E-state index >= 15 is 0 Å². The minimum atomic E-state index is 0.794. The Labute approximate surface area is 118 Å². The monoisotopic (exact) mass is 273 g/mol. The number of benzene rings is 1. The van der Waals surface area contributed by atoms with Crippen molar-refractivity contribution < 1.29 is 0 Å². The van der Waals surface area contributed by atoms with Crippen LogP contribution in [-0.2, 0) is 6.54 Å². The molecule has 0 aliphatic heterocycles. The first-order valence-electron chi connectivity index (χ1n) is 6.54. The topological polar surface area (TPSA) is 37.8 Å². The maximum atomic E-state index is 4.24. The van der Waals surface area contributed by atoms with Crippen molar-refractivity contribution in [2.24, 2.45) is 0 Å². The first kappa shape index (κ1) is 14.0. The molecule has 100 valence electrons. The number of hydrogen-bond acceptors (Lipinski definition) is 4. The van der Waals surface area contributed by atoms with Crippen LogP contribution in [0.2, 0.25) is 0 Å². The van der Waals surface area contributed by atoms with Crippen LogP contribution in [0.25, 0.3) is 0 Å². The Bertz CT molecular complexity index is 514. The lowest BCUT2D eigenvalue weighted by Crippen LogP contribution is -2.13. The van der Waals surface area contributed by atoms with Gasteiger partial charge in [0.2, 0.25) is 0 Å². The molecular weight excluding hydrogens is 254 g/mol. The highest BCUT2D eigenvalue weighted by molar-refractivity contribution is 7.99. The number of rotatable bonds is 6. The molecule has 0 radical (unpaired) electrons. The largest absolute Gasteiger partial charge is 0.313 e. The second-order valence-electron chi connectivity index (χ2n) is 4.41. The van der Waals surface area contributed by atoms with Crippen LogP contribution < -0.4 is 5.32 Å². The summed E-state index contributed by atoms with van der Waals surface area (Å²) in [6.45, 7) is 6.31. The molecule has 0 aliphatic rings. The summed E-state index contributed by atoms with van der Waals surface area (Å²) < 4.78 is 0. The lowest BCUT2D eigenvalue weighted by molar-refractivity contribution is 0.675. The summed E-state index contributed by atoms with van der Waals surface area (Å²) in [5.74, 6) is 0. The molecule has 1 aromatic heterocycles. The summed E-state index contributed by atoms with van der Waals surface area (Å²) in [6.07, 6.45) is 4.71. The summed E-state index contributed by atoms with van der Waals surface area (Å²) in [5.41, 5.74) is 2.59. The maximum absolute atomic E-state index is 4.24. The van der Waals surface area contributed by atoms with E-state index in [1.54, 1.807) is 24.2 Å². The molecule has 0 atom stereocenters. The van der Waals surface area contributed by atoms with E-state index in [4.69, 9.17) is 0 Å². The van der Waals surface area contributed by atoms with Crippen molar-refractivity contribution in [3.05, 3.63) is 47.8 Å². The van der Waals surface area contributed by atoms with Crippen molar-refractivity contribution in [3.8, 4) is 0 Å². The summed E-state index contributed by atoms with van der Waals surface area (Å²) >= 11 is 1.61. The zero-order valence-corrected chi connectivity index (χ0v) is 12.2. The SMILES string of the molecule is CCCNCc1ccc(Sc2ncccn2)c(C)c1. The maximum Gasteiger partial charge on any atom is 0.192 e. The molecule has 3 nitrogen and oxygen atoms in total.